The van der Waals surface area contributed by atoms with Gasteiger partial charge in [0, 0.05) is 0 Å². The Labute approximate surface area is 104 Å². The second-order valence-electron chi connectivity index (χ2n) is 1.99. The quantitative estimate of drug-likeness (QED) is 0.393. The van der Waals surface area contributed by atoms with Gasteiger partial charge in [0.1, 0.15) is 0 Å². The van der Waals surface area contributed by atoms with Crippen molar-refractivity contribution >= 4 is 8.46 Å². The Hall–Kier alpha value is -0.453. The molecule has 0 atom stereocenters. The van der Waals surface area contributed by atoms with Gasteiger partial charge in [-0.1, -0.05) is 0 Å². The summed E-state index contributed by atoms with van der Waals surface area (Å²) in [5.74, 6) is 0. The number of hydrogen-bond donors (Lipinski definition) is 0. The summed E-state index contributed by atoms with van der Waals surface area (Å²) in [7, 11) is 0. The van der Waals surface area contributed by atoms with E-state index in [9.17, 15) is 0 Å². The van der Waals surface area contributed by atoms with Gasteiger partial charge in [-0.05, 0) is 0 Å². The van der Waals surface area contributed by atoms with E-state index in [1.807, 2.05) is 0 Å². The van der Waals surface area contributed by atoms with Gasteiger partial charge in [-0.15, -0.1) is 0 Å². The van der Waals surface area contributed by atoms with Gasteiger partial charge < -0.3 is 0 Å². The Balaban J connectivity index is 4.16. The van der Waals surface area contributed by atoms with E-state index in [1.54, 1.807) is 36.5 Å². The monoisotopic (exact) mass is 364 g/mol. The second kappa shape index (κ2) is 9.12. The molecule has 0 rings (SSSR count). The molecule has 0 fully saturated rings. The Morgan fingerprint density at radius 2 is 1.21 bits per heavy atom. The van der Waals surface area contributed by atoms with Crippen LogP contribution in [0.15, 0.2) is 59.8 Å². The van der Waals surface area contributed by atoms with Crippen molar-refractivity contribution in [1.82, 2.24) is 0 Å². The number of allylic oxidation sites excluding steroid dienone is 4. The van der Waals surface area contributed by atoms with E-state index in [-0.39, 0.29) is 0 Å². The molecule has 0 amide bonds. The molecular formula is C10H10N2Rh2. The topological polar surface area (TPSA) is 24.7 Å². The summed E-state index contributed by atoms with van der Waals surface area (Å²) < 4.78 is 1.43. The second-order valence-corrected chi connectivity index (χ2v) is 3.67. The normalized spacial score (nSPS) is 11.3. The van der Waals surface area contributed by atoms with Crippen molar-refractivity contribution in [2.24, 2.45) is 10.2 Å². The minimum absolute atomic E-state index is 0.716. The van der Waals surface area contributed by atoms with Gasteiger partial charge in [0.2, 0.25) is 0 Å². The molecule has 0 aromatic rings. The summed E-state index contributed by atoms with van der Waals surface area (Å²) in [6.07, 6.45) is 10.5. The minimum atomic E-state index is 0.716. The van der Waals surface area contributed by atoms with Gasteiger partial charge >= 0.3 is 104 Å². The number of hydrogen-bond acceptors (Lipinski definition) is 2. The molecule has 2 nitrogen and oxygen atoms in total. The molecular weight excluding hydrogens is 354 g/mol. The average Bonchev–Trinajstić information content (AvgIpc) is 2.20. The third-order valence-corrected chi connectivity index (χ3v) is 1.83. The van der Waals surface area contributed by atoms with Crippen LogP contribution in [0.3, 0.4) is 0 Å². The van der Waals surface area contributed by atoms with Crippen LogP contribution in [0.5, 0.6) is 0 Å². The molecule has 0 unspecified atom stereocenters. The van der Waals surface area contributed by atoms with Crippen molar-refractivity contribution in [1.29, 1.82) is 0 Å². The van der Waals surface area contributed by atoms with E-state index in [2.05, 4.69) is 59.1 Å². The Bertz CT molecular complexity index is 293. The third kappa shape index (κ3) is 8.16. The number of azo groups is 1. The fraction of sp³-hybridized carbons (Fsp3) is 0. The van der Waals surface area contributed by atoms with E-state index in [4.69, 9.17) is 0 Å². The molecule has 0 radical (unpaired) electrons. The van der Waals surface area contributed by atoms with Crippen LogP contribution in [0, 0.1) is 0 Å². The third-order valence-electron chi connectivity index (χ3n) is 0.957. The molecule has 0 aliphatic rings. The zero-order valence-corrected chi connectivity index (χ0v) is 10.7. The summed E-state index contributed by atoms with van der Waals surface area (Å²) in [5.41, 5.74) is 0. The van der Waals surface area contributed by atoms with Crippen LogP contribution in [0.1, 0.15) is 0 Å². The van der Waals surface area contributed by atoms with Gasteiger partial charge in [0.15, 0.2) is 0 Å². The first-order valence-corrected chi connectivity index (χ1v) is 5.35. The first-order valence-electron chi connectivity index (χ1n) is 3.71. The van der Waals surface area contributed by atoms with Gasteiger partial charge in [0.25, 0.3) is 0 Å². The molecule has 0 saturated carbocycles. The fourth-order valence-electron chi connectivity index (χ4n) is 0.444. The van der Waals surface area contributed by atoms with Gasteiger partial charge in [0.05, 0.1) is 0 Å². The predicted octanol–water partition coefficient (Wildman–Crippen LogP) is 2.28. The Morgan fingerprint density at radius 3 is 1.50 bits per heavy atom. The first-order chi connectivity index (χ1) is 6.70. The van der Waals surface area contributed by atoms with Crippen LogP contribution >= 0.6 is 0 Å². The van der Waals surface area contributed by atoms with Crippen molar-refractivity contribution in [3.05, 3.63) is 49.6 Å². The molecule has 0 N–H and O–H groups in total. The van der Waals surface area contributed by atoms with Gasteiger partial charge in [-0.2, -0.15) is 0 Å². The molecule has 0 heterocycles. The summed E-state index contributed by atoms with van der Waals surface area (Å²) in [6.45, 7) is 7.10. The van der Waals surface area contributed by atoms with Gasteiger partial charge in [-0.3, -0.25) is 0 Å². The summed E-state index contributed by atoms with van der Waals surface area (Å²) >= 11 is 5.33. The van der Waals surface area contributed by atoms with Crippen LogP contribution in [0.2, 0.25) is 0 Å². The SMILES string of the molecule is C=C/C=C\[C](=[Rh])N=N[C](=[Rh])/C=C\C=C. The molecule has 4 heteroatoms. The molecule has 14 heavy (non-hydrogen) atoms. The van der Waals surface area contributed by atoms with Crippen LogP contribution in [0.4, 0.5) is 0 Å². The van der Waals surface area contributed by atoms with Crippen molar-refractivity contribution in [2.75, 3.05) is 0 Å². The zero-order valence-electron chi connectivity index (χ0n) is 7.44. The summed E-state index contributed by atoms with van der Waals surface area (Å²) in [6, 6.07) is 0. The first kappa shape index (κ1) is 13.5. The van der Waals surface area contributed by atoms with Gasteiger partial charge in [-0.25, -0.2) is 0 Å². The van der Waals surface area contributed by atoms with E-state index in [1.165, 1.54) is 0 Å². The van der Waals surface area contributed by atoms with E-state index in [0.29, 0.717) is 8.46 Å². The number of rotatable bonds is 6. The summed E-state index contributed by atoms with van der Waals surface area (Å²) in [5, 5.41) is 7.85. The molecule has 0 bridgehead atoms. The van der Waals surface area contributed by atoms with E-state index >= 15 is 0 Å². The maximum atomic E-state index is 3.92. The molecule has 0 aliphatic carbocycles. The molecule has 0 saturated heterocycles. The van der Waals surface area contributed by atoms with Crippen LogP contribution in [0.25, 0.3) is 0 Å². The van der Waals surface area contributed by atoms with Crippen molar-refractivity contribution in [3.63, 3.8) is 0 Å². The summed E-state index contributed by atoms with van der Waals surface area (Å²) in [4.78, 5) is 0. The standard InChI is InChI=1S/C10H10N2.2Rh/c1-3-5-7-9-11-12-10-8-6-4-2;;/h3-8H,1-2H2;;/b7-5-,8-6-,12-11?;;. The molecule has 0 aromatic heterocycles. The molecule has 78 valence electrons. The average molecular weight is 364 g/mol. The number of nitrogens with zero attached hydrogens (tertiary/aromatic N) is 2. The van der Waals surface area contributed by atoms with Crippen molar-refractivity contribution in [2.45, 2.75) is 0 Å². The predicted molar refractivity (Wildman–Crippen MR) is 53.5 cm³/mol. The Kier molecular flexibility index (Phi) is 8.82. The van der Waals surface area contributed by atoms with Crippen molar-refractivity contribution < 1.29 is 35.7 Å². The van der Waals surface area contributed by atoms with E-state index < -0.39 is 0 Å². The Morgan fingerprint density at radius 1 is 0.857 bits per heavy atom. The van der Waals surface area contributed by atoms with Crippen LogP contribution in [-0.2, 0) is 35.7 Å². The maximum absolute atomic E-state index is 3.92. The molecule has 0 spiro atoms. The van der Waals surface area contributed by atoms with E-state index in [0.717, 1.165) is 0 Å². The molecule has 0 aromatic carbocycles. The zero-order chi connectivity index (χ0) is 10.8. The fourth-order valence-corrected chi connectivity index (χ4v) is 0.923. The van der Waals surface area contributed by atoms with Crippen LogP contribution < -0.4 is 0 Å². The molecule has 0 aliphatic heterocycles. The van der Waals surface area contributed by atoms with Crippen molar-refractivity contribution in [3.8, 4) is 0 Å². The van der Waals surface area contributed by atoms with Crippen LogP contribution in [-0.4, -0.2) is 8.46 Å².